The maximum Gasteiger partial charge on any atom is 0.303 e. The zero-order chi connectivity index (χ0) is 18.7. The lowest BCUT2D eigenvalue weighted by Crippen LogP contribution is -2.61. The number of ether oxygens (including phenoxy) is 2. The van der Waals surface area contributed by atoms with E-state index in [-0.39, 0.29) is 11.1 Å². The van der Waals surface area contributed by atoms with Gasteiger partial charge in [0.15, 0.2) is 20.7 Å². The largest absolute Gasteiger partial charge is 0.457 e. The third-order valence-corrected chi connectivity index (χ3v) is 9.18. The number of carbonyl (C=O) groups excluding carboxylic acids is 1. The van der Waals surface area contributed by atoms with Crippen molar-refractivity contribution in [3.63, 3.8) is 0 Å². The van der Waals surface area contributed by atoms with Crippen LogP contribution in [0, 0.1) is 0 Å². The normalized spacial score (nSPS) is 31.2. The van der Waals surface area contributed by atoms with Crippen molar-refractivity contribution in [3.8, 4) is 0 Å². The summed E-state index contributed by atoms with van der Waals surface area (Å²) in [7, 11) is -0.697. The van der Waals surface area contributed by atoms with Crippen molar-refractivity contribution < 1.29 is 23.3 Å². The molecule has 1 heterocycles. The van der Waals surface area contributed by atoms with Crippen molar-refractivity contribution in [2.24, 2.45) is 5.11 Å². The molecule has 1 fully saturated rings. The van der Waals surface area contributed by atoms with E-state index < -0.39 is 38.8 Å². The third-order valence-electron chi connectivity index (χ3n) is 4.71. The molecule has 3 unspecified atom stereocenters. The third kappa shape index (κ3) is 4.73. The van der Waals surface area contributed by atoms with Crippen LogP contribution in [0.15, 0.2) is 5.11 Å². The molecule has 0 aromatic carbocycles. The van der Waals surface area contributed by atoms with Gasteiger partial charge in [-0.2, -0.15) is 0 Å². The van der Waals surface area contributed by atoms with Gasteiger partial charge in [-0.25, -0.2) is 0 Å². The number of hydrogen-bond acceptors (Lipinski definition) is 6. The number of hydrogen-bond donors (Lipinski definition) is 0. The van der Waals surface area contributed by atoms with Gasteiger partial charge >= 0.3 is 5.97 Å². The van der Waals surface area contributed by atoms with Crippen molar-refractivity contribution in [2.45, 2.75) is 83.4 Å². The van der Waals surface area contributed by atoms with Crippen LogP contribution in [0.2, 0.25) is 18.1 Å². The monoisotopic (exact) mass is 357 g/mol. The van der Waals surface area contributed by atoms with E-state index in [9.17, 15) is 4.79 Å². The van der Waals surface area contributed by atoms with Gasteiger partial charge in [0, 0.05) is 11.8 Å². The van der Waals surface area contributed by atoms with Crippen LogP contribution < -0.4 is 0 Å². The molecule has 0 N–H and O–H groups in total. The zero-order valence-corrected chi connectivity index (χ0v) is 16.8. The van der Waals surface area contributed by atoms with E-state index >= 15 is 0 Å². The van der Waals surface area contributed by atoms with Gasteiger partial charge in [-0.1, -0.05) is 25.9 Å². The summed E-state index contributed by atoms with van der Waals surface area (Å²) in [6.45, 7) is 13.7. The van der Waals surface area contributed by atoms with Crippen LogP contribution >= 0.6 is 0 Å². The molecule has 1 aliphatic heterocycles. The lowest BCUT2D eigenvalue weighted by atomic mass is 9.97. The molecule has 0 saturated carbocycles. The predicted octanol–water partition coefficient (Wildman–Crippen LogP) is 2.30. The Morgan fingerprint density at radius 2 is 1.92 bits per heavy atom. The Morgan fingerprint density at radius 1 is 1.33 bits per heavy atom. The highest BCUT2D eigenvalue weighted by atomic mass is 28.4. The van der Waals surface area contributed by atoms with E-state index in [0.717, 1.165) is 0 Å². The SMILES string of the molecule is BOC1O[C@H](C)C(O[Si](C)(C)C(C)(C)C)[C@H](N=[N+]=[N-])C1OC(C)=O. The molecule has 10 heteroatoms. The second-order valence-corrected chi connectivity index (χ2v) is 12.3. The molecule has 0 amide bonds. The molecule has 0 aromatic rings. The van der Waals surface area contributed by atoms with E-state index in [4.69, 9.17) is 24.1 Å². The second-order valence-electron chi connectivity index (χ2n) is 7.56. The fourth-order valence-corrected chi connectivity index (χ4v) is 3.74. The fraction of sp³-hybridized carbons (Fsp3) is 0.929. The maximum absolute atomic E-state index is 11.5. The Morgan fingerprint density at radius 3 is 2.33 bits per heavy atom. The molecule has 1 saturated heterocycles. The summed E-state index contributed by atoms with van der Waals surface area (Å²) in [5.74, 6) is -0.496. The van der Waals surface area contributed by atoms with Gasteiger partial charge in [-0.3, -0.25) is 4.79 Å². The van der Waals surface area contributed by atoms with Gasteiger partial charge in [0.05, 0.1) is 12.2 Å². The predicted molar refractivity (Wildman–Crippen MR) is 94.5 cm³/mol. The minimum absolute atomic E-state index is 0.0251. The number of rotatable bonds is 5. The van der Waals surface area contributed by atoms with Crippen LogP contribution in [-0.2, 0) is 23.3 Å². The van der Waals surface area contributed by atoms with Gasteiger partial charge in [0.2, 0.25) is 0 Å². The maximum atomic E-state index is 11.5. The van der Waals surface area contributed by atoms with E-state index in [1.165, 1.54) is 15.0 Å². The summed E-state index contributed by atoms with van der Waals surface area (Å²) in [6.07, 6.45) is -2.54. The minimum atomic E-state index is -2.15. The lowest BCUT2D eigenvalue weighted by Gasteiger charge is -2.47. The van der Waals surface area contributed by atoms with Gasteiger partial charge in [-0.05, 0) is 30.6 Å². The van der Waals surface area contributed by atoms with E-state index in [1.54, 1.807) is 0 Å². The molecule has 1 aliphatic rings. The summed E-state index contributed by atoms with van der Waals surface area (Å²) in [5, 5.41) is 3.83. The van der Waals surface area contributed by atoms with Gasteiger partial charge in [0.1, 0.15) is 6.04 Å². The first-order valence-electron chi connectivity index (χ1n) is 8.02. The highest BCUT2D eigenvalue weighted by Gasteiger charge is 2.50. The average molecular weight is 357 g/mol. The summed E-state index contributed by atoms with van der Waals surface area (Å²) in [4.78, 5) is 14.4. The van der Waals surface area contributed by atoms with Crippen LogP contribution in [0.1, 0.15) is 34.6 Å². The number of carbonyl (C=O) groups is 1. The number of nitrogens with zero attached hydrogens (tertiary/aromatic N) is 3. The molecular formula is C14H28BN3O5Si. The standard InChI is InChI=1S/C14H28BN3O5Si/c1-8-11(23-24(6,7)14(3,4)5)10(17-18-16)12(21-9(2)19)13(20-8)22-15/h8,10-13H,15H2,1-7H3/t8-,10+,11?,12?,13?/m1/s1. The molecule has 5 atom stereocenters. The molecule has 0 radical (unpaired) electrons. The second kappa shape index (κ2) is 7.88. The van der Waals surface area contributed by atoms with E-state index in [1.807, 2.05) is 6.92 Å². The van der Waals surface area contributed by atoms with Crippen LogP contribution in [-0.4, -0.2) is 53.0 Å². The lowest BCUT2D eigenvalue weighted by molar-refractivity contribution is -0.241. The van der Waals surface area contributed by atoms with Gasteiger partial charge in [-0.15, -0.1) is 0 Å². The van der Waals surface area contributed by atoms with E-state index in [2.05, 4.69) is 43.9 Å². The minimum Gasteiger partial charge on any atom is -0.457 e. The Bertz CT molecular complexity index is 507. The van der Waals surface area contributed by atoms with Crippen molar-refractivity contribution in [1.82, 2.24) is 0 Å². The van der Waals surface area contributed by atoms with Gasteiger partial charge in [0.25, 0.3) is 8.05 Å². The summed E-state index contributed by atoms with van der Waals surface area (Å²) in [5.41, 5.74) is 8.98. The van der Waals surface area contributed by atoms with Crippen LogP contribution in [0.5, 0.6) is 0 Å². The van der Waals surface area contributed by atoms with Crippen LogP contribution in [0.4, 0.5) is 0 Å². The average Bonchev–Trinajstić information content (AvgIpc) is 2.43. The fourth-order valence-electron chi connectivity index (χ4n) is 2.37. The summed E-state index contributed by atoms with van der Waals surface area (Å²) in [6, 6.07) is -0.721. The van der Waals surface area contributed by atoms with Crippen molar-refractivity contribution >= 4 is 22.3 Å². The molecule has 8 nitrogen and oxygen atoms in total. The Balaban J connectivity index is 3.20. The molecule has 136 valence electrons. The quantitative estimate of drug-likeness (QED) is 0.247. The summed E-state index contributed by atoms with van der Waals surface area (Å²) < 4.78 is 22.8. The smallest absolute Gasteiger partial charge is 0.303 e. The molecule has 1 rings (SSSR count). The zero-order valence-electron chi connectivity index (χ0n) is 15.8. The molecule has 24 heavy (non-hydrogen) atoms. The number of azide groups is 1. The summed E-state index contributed by atoms with van der Waals surface area (Å²) >= 11 is 0. The van der Waals surface area contributed by atoms with E-state index in [0.29, 0.717) is 0 Å². The first-order chi connectivity index (χ1) is 10.9. The molecule has 0 spiro atoms. The molecule has 0 bridgehead atoms. The Labute approximate surface area is 145 Å². The number of esters is 1. The Kier molecular flexibility index (Phi) is 6.89. The molecular weight excluding hydrogens is 329 g/mol. The highest BCUT2D eigenvalue weighted by molar-refractivity contribution is 6.74. The van der Waals surface area contributed by atoms with Crippen molar-refractivity contribution in [1.29, 1.82) is 0 Å². The topological polar surface area (TPSA) is 103 Å². The first kappa shape index (κ1) is 21.0. The first-order valence-corrected chi connectivity index (χ1v) is 10.9. The van der Waals surface area contributed by atoms with Crippen molar-refractivity contribution in [3.05, 3.63) is 10.4 Å². The van der Waals surface area contributed by atoms with Crippen LogP contribution in [0.25, 0.3) is 10.4 Å². The molecule has 0 aromatic heterocycles. The highest BCUT2D eigenvalue weighted by Crippen LogP contribution is 2.40. The van der Waals surface area contributed by atoms with Crippen LogP contribution in [0.3, 0.4) is 0 Å². The Hall–Kier alpha value is -1.06. The van der Waals surface area contributed by atoms with Gasteiger partial charge < -0.3 is 18.6 Å². The molecule has 0 aliphatic carbocycles. The van der Waals surface area contributed by atoms with Crippen molar-refractivity contribution in [2.75, 3.05) is 0 Å².